The molecule has 0 spiro atoms. The van der Waals surface area contributed by atoms with Gasteiger partial charge in [-0.05, 0) is 24.0 Å². The minimum Gasteiger partial charge on any atom is -0.481 e. The summed E-state index contributed by atoms with van der Waals surface area (Å²) in [6.07, 6.45) is 4.22. The van der Waals surface area contributed by atoms with E-state index < -0.39 is 60.2 Å². The van der Waals surface area contributed by atoms with Gasteiger partial charge in [0.1, 0.15) is 18.1 Å². The summed E-state index contributed by atoms with van der Waals surface area (Å²) in [6, 6.07) is 3.83. The van der Waals surface area contributed by atoms with Crippen molar-refractivity contribution < 1.29 is 34.2 Å². The monoisotopic (exact) mass is 548 g/mol. The number of nitrogens with zero attached hydrogens (tertiary/aromatic N) is 1. The van der Waals surface area contributed by atoms with Crippen LogP contribution in [0.1, 0.15) is 24.1 Å². The number of aliphatic carboxylic acids is 2. The van der Waals surface area contributed by atoms with Crippen molar-refractivity contribution in [3.05, 3.63) is 54.1 Å². The number of aromatic nitrogens is 2. The van der Waals surface area contributed by atoms with E-state index in [2.05, 4.69) is 25.9 Å². The number of nitrogens with two attached hydrogens (primary N) is 1. The highest BCUT2D eigenvalue weighted by molar-refractivity contribution is 7.98. The third-order valence-corrected chi connectivity index (χ3v) is 6.13. The highest BCUT2D eigenvalue weighted by Crippen LogP contribution is 2.07. The molecule has 4 atom stereocenters. The number of aromatic amines is 1. The van der Waals surface area contributed by atoms with E-state index in [0.29, 0.717) is 17.0 Å². The number of hydrogen-bond acceptors (Lipinski definition) is 8. The Hall–Kier alpha value is -3.91. The molecule has 1 heterocycles. The zero-order valence-corrected chi connectivity index (χ0v) is 21.6. The maximum absolute atomic E-state index is 13.2. The molecule has 2 aromatic rings. The first-order valence-corrected chi connectivity index (χ1v) is 13.1. The summed E-state index contributed by atoms with van der Waals surface area (Å²) in [7, 11) is 0. The van der Waals surface area contributed by atoms with Gasteiger partial charge in [0.2, 0.25) is 17.7 Å². The van der Waals surface area contributed by atoms with Crippen LogP contribution in [0, 0.1) is 0 Å². The van der Waals surface area contributed by atoms with Gasteiger partial charge in [0.15, 0.2) is 0 Å². The van der Waals surface area contributed by atoms with Gasteiger partial charge in [0, 0.05) is 24.7 Å². The van der Waals surface area contributed by atoms with Gasteiger partial charge in [-0.25, -0.2) is 9.78 Å². The second kappa shape index (κ2) is 15.4. The minimum atomic E-state index is -1.37. The van der Waals surface area contributed by atoms with Gasteiger partial charge in [-0.15, -0.1) is 0 Å². The smallest absolute Gasteiger partial charge is 0.326 e. The van der Waals surface area contributed by atoms with E-state index in [9.17, 15) is 29.1 Å². The number of amides is 3. The Bertz CT molecular complexity index is 1080. The van der Waals surface area contributed by atoms with Gasteiger partial charge in [0.05, 0.1) is 18.8 Å². The fraction of sp³-hybridized carbons (Fsp3) is 0.417. The Labute approximate surface area is 223 Å². The van der Waals surface area contributed by atoms with Crippen molar-refractivity contribution in [1.82, 2.24) is 25.9 Å². The van der Waals surface area contributed by atoms with E-state index in [1.165, 1.54) is 24.3 Å². The molecule has 14 heteroatoms. The van der Waals surface area contributed by atoms with Gasteiger partial charge < -0.3 is 36.9 Å². The van der Waals surface area contributed by atoms with Crippen LogP contribution in [0.5, 0.6) is 0 Å². The highest BCUT2D eigenvalue weighted by Gasteiger charge is 2.31. The van der Waals surface area contributed by atoms with Crippen molar-refractivity contribution in [1.29, 1.82) is 0 Å². The third kappa shape index (κ3) is 10.2. The fourth-order valence-corrected chi connectivity index (χ4v) is 3.96. The van der Waals surface area contributed by atoms with Gasteiger partial charge in [-0.1, -0.05) is 30.3 Å². The van der Waals surface area contributed by atoms with E-state index in [-0.39, 0.29) is 19.3 Å². The average Bonchev–Trinajstić information content (AvgIpc) is 3.38. The van der Waals surface area contributed by atoms with Gasteiger partial charge in [-0.2, -0.15) is 11.8 Å². The molecule has 206 valence electrons. The predicted molar refractivity (Wildman–Crippen MR) is 139 cm³/mol. The van der Waals surface area contributed by atoms with Crippen molar-refractivity contribution in [2.24, 2.45) is 5.73 Å². The van der Waals surface area contributed by atoms with Crippen LogP contribution in [0.2, 0.25) is 0 Å². The fourth-order valence-electron chi connectivity index (χ4n) is 3.48. The minimum absolute atomic E-state index is 0.0283. The topological polar surface area (TPSA) is 217 Å². The van der Waals surface area contributed by atoms with Gasteiger partial charge in [-0.3, -0.25) is 19.2 Å². The quantitative estimate of drug-likeness (QED) is 0.140. The summed E-state index contributed by atoms with van der Waals surface area (Å²) in [5, 5.41) is 26.1. The zero-order chi connectivity index (χ0) is 28.1. The molecule has 0 aliphatic heterocycles. The van der Waals surface area contributed by atoms with Crippen LogP contribution < -0.4 is 21.7 Å². The molecule has 1 aromatic carbocycles. The number of H-pyrrole nitrogens is 1. The Morgan fingerprint density at radius 3 is 2.16 bits per heavy atom. The Kier molecular flexibility index (Phi) is 12.3. The summed E-state index contributed by atoms with van der Waals surface area (Å²) in [5.74, 6) is -4.30. The van der Waals surface area contributed by atoms with E-state index in [1.807, 2.05) is 0 Å². The number of benzene rings is 1. The number of hydrogen-bond donors (Lipinski definition) is 7. The molecule has 0 aliphatic rings. The van der Waals surface area contributed by atoms with E-state index in [4.69, 9.17) is 10.8 Å². The molecule has 3 amide bonds. The SMILES string of the molecule is CSCCC(NC(=O)C(N)CC(=O)O)C(=O)NC(Cc1cnc[nH]1)C(=O)NC(Cc1ccccc1)C(=O)O. The maximum Gasteiger partial charge on any atom is 0.326 e. The van der Waals surface area contributed by atoms with Crippen LogP contribution in [-0.4, -0.2) is 86.0 Å². The Morgan fingerprint density at radius 1 is 0.947 bits per heavy atom. The summed E-state index contributed by atoms with van der Waals surface area (Å²) in [6.45, 7) is 0. The molecule has 1 aromatic heterocycles. The van der Waals surface area contributed by atoms with E-state index in [0.717, 1.165) is 0 Å². The number of carboxylic acid groups (broad SMARTS) is 2. The first-order chi connectivity index (χ1) is 18.1. The van der Waals surface area contributed by atoms with Crippen molar-refractivity contribution in [2.75, 3.05) is 12.0 Å². The van der Waals surface area contributed by atoms with Crippen molar-refractivity contribution in [3.8, 4) is 0 Å². The van der Waals surface area contributed by atoms with Crippen molar-refractivity contribution >= 4 is 41.4 Å². The number of carbonyl (C=O) groups is 5. The van der Waals surface area contributed by atoms with Crippen LogP contribution in [0.15, 0.2) is 42.9 Å². The molecule has 38 heavy (non-hydrogen) atoms. The Morgan fingerprint density at radius 2 is 1.58 bits per heavy atom. The molecule has 13 nitrogen and oxygen atoms in total. The van der Waals surface area contributed by atoms with E-state index in [1.54, 1.807) is 36.6 Å². The van der Waals surface area contributed by atoms with Crippen LogP contribution >= 0.6 is 11.8 Å². The molecule has 0 saturated heterocycles. The predicted octanol–water partition coefficient (Wildman–Crippen LogP) is -0.711. The summed E-state index contributed by atoms with van der Waals surface area (Å²) in [5.41, 5.74) is 6.83. The van der Waals surface area contributed by atoms with Crippen LogP contribution in [0.25, 0.3) is 0 Å². The second-order valence-electron chi connectivity index (χ2n) is 8.48. The standard InChI is InChI=1S/C24H32N6O7S/c1-38-8-7-17(28-21(33)16(25)11-20(31)32)22(34)29-18(10-15-12-26-13-27-15)23(35)30-19(24(36)37)9-14-5-3-2-4-6-14/h2-6,12-13,16-19H,7-11,25H2,1H3,(H,26,27)(H,28,33)(H,29,34)(H,30,35)(H,31,32)(H,36,37). The Balaban J connectivity index is 2.19. The first kappa shape index (κ1) is 30.3. The number of carbonyl (C=O) groups excluding carboxylic acids is 3. The third-order valence-electron chi connectivity index (χ3n) is 5.48. The van der Waals surface area contributed by atoms with Gasteiger partial charge >= 0.3 is 11.9 Å². The number of rotatable bonds is 16. The van der Waals surface area contributed by atoms with Crippen LogP contribution in [0.3, 0.4) is 0 Å². The lowest BCUT2D eigenvalue weighted by atomic mass is 10.0. The molecule has 0 saturated carbocycles. The molecule has 4 unspecified atom stereocenters. The summed E-state index contributed by atoms with van der Waals surface area (Å²) >= 11 is 1.42. The largest absolute Gasteiger partial charge is 0.481 e. The molecule has 8 N–H and O–H groups in total. The summed E-state index contributed by atoms with van der Waals surface area (Å²) in [4.78, 5) is 68.2. The van der Waals surface area contributed by atoms with Crippen LogP contribution in [-0.2, 0) is 36.8 Å². The van der Waals surface area contributed by atoms with Crippen LogP contribution in [0.4, 0.5) is 0 Å². The lowest BCUT2D eigenvalue weighted by Gasteiger charge is -2.25. The first-order valence-electron chi connectivity index (χ1n) is 11.7. The summed E-state index contributed by atoms with van der Waals surface area (Å²) < 4.78 is 0. The maximum atomic E-state index is 13.2. The molecular formula is C24H32N6O7S. The molecule has 0 aliphatic carbocycles. The number of nitrogens with one attached hydrogen (secondary N) is 4. The average molecular weight is 549 g/mol. The lowest BCUT2D eigenvalue weighted by molar-refractivity contribution is -0.142. The zero-order valence-electron chi connectivity index (χ0n) is 20.8. The van der Waals surface area contributed by atoms with Gasteiger partial charge in [0.25, 0.3) is 0 Å². The number of thioether (sulfide) groups is 1. The molecule has 2 rings (SSSR count). The molecule has 0 fully saturated rings. The molecule has 0 radical (unpaired) electrons. The second-order valence-corrected chi connectivity index (χ2v) is 9.46. The normalized spacial score (nSPS) is 13.9. The van der Waals surface area contributed by atoms with E-state index >= 15 is 0 Å². The van der Waals surface area contributed by atoms with Crippen molar-refractivity contribution in [3.63, 3.8) is 0 Å². The number of carboxylic acids is 2. The lowest BCUT2D eigenvalue weighted by Crippen LogP contribution is -2.58. The highest BCUT2D eigenvalue weighted by atomic mass is 32.2. The molecular weight excluding hydrogens is 516 g/mol. The molecule has 0 bridgehead atoms. The van der Waals surface area contributed by atoms with Crippen molar-refractivity contribution in [2.45, 2.75) is 49.9 Å². The number of imidazole rings is 1.